The van der Waals surface area contributed by atoms with Gasteiger partial charge in [-0.3, -0.25) is 0 Å². The third-order valence-electron chi connectivity index (χ3n) is 2.46. The van der Waals surface area contributed by atoms with Crippen LogP contribution in [0.25, 0.3) is 0 Å². The molecule has 0 N–H and O–H groups in total. The molecule has 1 radical (unpaired) electrons. The van der Waals surface area contributed by atoms with Crippen molar-refractivity contribution in [2.24, 2.45) is 0 Å². The molecule has 0 aromatic heterocycles. The minimum atomic E-state index is 0.903. The topological polar surface area (TPSA) is 0 Å². The first-order chi connectivity index (χ1) is 6.31. The smallest absolute Gasteiger partial charge is 0.0279 e. The maximum absolute atomic E-state index is 3.91. The van der Waals surface area contributed by atoms with E-state index in [1.165, 1.54) is 29.5 Å². The number of hydrogen-bond acceptors (Lipinski definition) is 0. The molecule has 0 aliphatic carbocycles. The summed E-state index contributed by atoms with van der Waals surface area (Å²) >= 11 is 0. The van der Waals surface area contributed by atoms with Crippen molar-refractivity contribution in [2.45, 2.75) is 39.5 Å². The molecular weight excluding hydrogens is 156 g/mol. The van der Waals surface area contributed by atoms with Crippen LogP contribution in [0.3, 0.4) is 0 Å². The third kappa shape index (κ3) is 2.58. The highest BCUT2D eigenvalue weighted by Crippen LogP contribution is 2.15. The van der Waals surface area contributed by atoms with Crippen molar-refractivity contribution in [1.82, 2.24) is 0 Å². The Kier molecular flexibility index (Phi) is 4.01. The molecule has 0 heteroatoms. The average Bonchev–Trinajstić information content (AvgIpc) is 2.18. The van der Waals surface area contributed by atoms with Gasteiger partial charge in [-0.2, -0.15) is 0 Å². The first kappa shape index (κ1) is 10.3. The minimum absolute atomic E-state index is 0.903. The van der Waals surface area contributed by atoms with E-state index in [9.17, 15) is 0 Å². The molecule has 1 aromatic rings. The minimum Gasteiger partial charge on any atom is -0.0651 e. The Balaban J connectivity index is 2.95. The molecule has 0 spiro atoms. The van der Waals surface area contributed by atoms with Crippen LogP contribution in [0.5, 0.6) is 0 Å². The van der Waals surface area contributed by atoms with Gasteiger partial charge in [-0.25, -0.2) is 0 Å². The second-order valence-electron chi connectivity index (χ2n) is 3.46. The molecule has 0 saturated heterocycles. The Morgan fingerprint density at radius 2 is 1.92 bits per heavy atom. The van der Waals surface area contributed by atoms with Gasteiger partial charge in [0.05, 0.1) is 0 Å². The molecule has 71 valence electrons. The van der Waals surface area contributed by atoms with E-state index in [4.69, 9.17) is 0 Å². The Morgan fingerprint density at radius 1 is 1.15 bits per heavy atom. The summed E-state index contributed by atoms with van der Waals surface area (Å²) in [5.74, 6) is 0. The molecule has 0 nitrogen and oxygen atoms in total. The molecule has 0 aliphatic rings. The fraction of sp³-hybridized carbons (Fsp3) is 0.462. The first-order valence-electron chi connectivity index (χ1n) is 5.21. The Hall–Kier alpha value is -0.780. The summed E-state index contributed by atoms with van der Waals surface area (Å²) < 4.78 is 0. The van der Waals surface area contributed by atoms with Gasteiger partial charge in [0.15, 0.2) is 0 Å². The van der Waals surface area contributed by atoms with Gasteiger partial charge in [-0.1, -0.05) is 38.5 Å². The molecule has 0 atom stereocenters. The van der Waals surface area contributed by atoms with Gasteiger partial charge in [0.1, 0.15) is 0 Å². The van der Waals surface area contributed by atoms with Crippen molar-refractivity contribution in [3.05, 3.63) is 41.8 Å². The van der Waals surface area contributed by atoms with Gasteiger partial charge >= 0.3 is 0 Å². The summed E-state index contributed by atoms with van der Waals surface area (Å²) in [7, 11) is 0. The van der Waals surface area contributed by atoms with Crippen LogP contribution in [0.15, 0.2) is 18.2 Å². The lowest BCUT2D eigenvalue weighted by molar-refractivity contribution is 0.896. The second-order valence-corrected chi connectivity index (χ2v) is 3.46. The third-order valence-corrected chi connectivity index (χ3v) is 2.46. The van der Waals surface area contributed by atoms with Crippen molar-refractivity contribution in [3.8, 4) is 0 Å². The van der Waals surface area contributed by atoms with E-state index < -0.39 is 0 Å². The molecule has 0 bridgehead atoms. The van der Waals surface area contributed by atoms with Crippen molar-refractivity contribution in [1.29, 1.82) is 0 Å². The lowest BCUT2D eigenvalue weighted by Crippen LogP contribution is -1.94. The summed E-state index contributed by atoms with van der Waals surface area (Å²) in [4.78, 5) is 0. The van der Waals surface area contributed by atoms with Crippen molar-refractivity contribution >= 4 is 0 Å². The summed E-state index contributed by atoms with van der Waals surface area (Å²) in [6.45, 7) is 8.37. The predicted octanol–water partition coefficient (Wildman–Crippen LogP) is 3.58. The van der Waals surface area contributed by atoms with Crippen LogP contribution in [-0.2, 0) is 19.3 Å². The maximum Gasteiger partial charge on any atom is -0.0279 e. The second kappa shape index (κ2) is 5.06. The van der Waals surface area contributed by atoms with E-state index >= 15 is 0 Å². The van der Waals surface area contributed by atoms with E-state index in [1.807, 2.05) is 0 Å². The standard InChI is InChI=1S/C13H19/c1-4-7-13-10-11(5-2)8-9-12(13)6-3/h8-10H,2,4-7H2,1,3H3. The van der Waals surface area contributed by atoms with Crippen LogP contribution in [0.2, 0.25) is 0 Å². The van der Waals surface area contributed by atoms with Gasteiger partial charge in [0, 0.05) is 0 Å². The Bertz CT molecular complexity index is 261. The predicted molar refractivity (Wildman–Crippen MR) is 58.9 cm³/mol. The molecule has 1 rings (SSSR count). The fourth-order valence-electron chi connectivity index (χ4n) is 1.68. The normalized spacial score (nSPS) is 10.4. The molecule has 0 amide bonds. The molecular formula is C13H19. The molecule has 0 unspecified atom stereocenters. The number of benzene rings is 1. The van der Waals surface area contributed by atoms with Crippen molar-refractivity contribution in [3.63, 3.8) is 0 Å². The highest BCUT2D eigenvalue weighted by atomic mass is 14.1. The van der Waals surface area contributed by atoms with Crippen molar-refractivity contribution < 1.29 is 0 Å². The molecule has 0 fully saturated rings. The van der Waals surface area contributed by atoms with Crippen LogP contribution >= 0.6 is 0 Å². The SMILES string of the molecule is [CH2]Cc1ccc(CC)c(CCC)c1. The zero-order chi connectivity index (χ0) is 9.68. The van der Waals surface area contributed by atoms with E-state index in [-0.39, 0.29) is 0 Å². The summed E-state index contributed by atoms with van der Waals surface area (Å²) in [5.41, 5.74) is 4.38. The first-order valence-corrected chi connectivity index (χ1v) is 5.21. The molecule has 0 aliphatic heterocycles. The number of rotatable bonds is 4. The quantitative estimate of drug-likeness (QED) is 0.656. The van der Waals surface area contributed by atoms with Gasteiger partial charge in [0.2, 0.25) is 0 Å². The van der Waals surface area contributed by atoms with E-state index in [0.717, 1.165) is 12.8 Å². The highest BCUT2D eigenvalue weighted by Gasteiger charge is 2.00. The zero-order valence-corrected chi connectivity index (χ0v) is 8.77. The van der Waals surface area contributed by atoms with E-state index in [1.54, 1.807) is 0 Å². The number of hydrogen-bond donors (Lipinski definition) is 0. The van der Waals surface area contributed by atoms with Gasteiger partial charge in [0.25, 0.3) is 0 Å². The summed E-state index contributed by atoms with van der Waals surface area (Å²) in [6.07, 6.45) is 4.48. The lowest BCUT2D eigenvalue weighted by Gasteiger charge is -2.08. The molecule has 0 saturated carbocycles. The summed E-state index contributed by atoms with van der Waals surface area (Å²) in [6, 6.07) is 6.77. The fourth-order valence-corrected chi connectivity index (χ4v) is 1.68. The molecule has 13 heavy (non-hydrogen) atoms. The van der Waals surface area contributed by atoms with Crippen LogP contribution in [-0.4, -0.2) is 0 Å². The van der Waals surface area contributed by atoms with Crippen LogP contribution < -0.4 is 0 Å². The van der Waals surface area contributed by atoms with Gasteiger partial charge < -0.3 is 0 Å². The number of aryl methyl sites for hydroxylation is 2. The Labute approximate surface area is 82.0 Å². The van der Waals surface area contributed by atoms with Crippen LogP contribution in [0.1, 0.15) is 37.0 Å². The molecule has 0 heterocycles. The van der Waals surface area contributed by atoms with Gasteiger partial charge in [-0.15, -0.1) is 0 Å². The van der Waals surface area contributed by atoms with E-state index in [0.29, 0.717) is 0 Å². The van der Waals surface area contributed by atoms with Crippen molar-refractivity contribution in [2.75, 3.05) is 0 Å². The van der Waals surface area contributed by atoms with Crippen LogP contribution in [0.4, 0.5) is 0 Å². The summed E-state index contributed by atoms with van der Waals surface area (Å²) in [5, 5.41) is 0. The average molecular weight is 175 g/mol. The van der Waals surface area contributed by atoms with E-state index in [2.05, 4.69) is 39.0 Å². The van der Waals surface area contributed by atoms with Crippen LogP contribution in [0, 0.1) is 6.92 Å². The largest absolute Gasteiger partial charge is 0.0651 e. The Morgan fingerprint density at radius 3 is 2.46 bits per heavy atom. The molecule has 1 aromatic carbocycles. The zero-order valence-electron chi connectivity index (χ0n) is 8.77. The highest BCUT2D eigenvalue weighted by molar-refractivity contribution is 5.32. The van der Waals surface area contributed by atoms with Gasteiger partial charge in [-0.05, 0) is 42.9 Å². The lowest BCUT2D eigenvalue weighted by atomic mass is 9.98. The maximum atomic E-state index is 3.91. The monoisotopic (exact) mass is 175 g/mol.